The molecule has 6 nitrogen and oxygen atoms in total. The first-order chi connectivity index (χ1) is 13.7. The van der Waals surface area contributed by atoms with Gasteiger partial charge in [-0.05, 0) is 24.5 Å². The van der Waals surface area contributed by atoms with Crippen molar-refractivity contribution >= 4 is 22.5 Å². The topological polar surface area (TPSA) is 65.6 Å². The highest BCUT2D eigenvalue weighted by Gasteiger charge is 2.23. The molecule has 3 heterocycles. The summed E-state index contributed by atoms with van der Waals surface area (Å²) >= 11 is 0. The van der Waals surface area contributed by atoms with Gasteiger partial charge < -0.3 is 9.30 Å². The van der Waals surface area contributed by atoms with Crippen LogP contribution in [-0.2, 0) is 16.1 Å². The molecule has 2 aromatic heterocycles. The minimum Gasteiger partial charge on any atom is -0.466 e. The summed E-state index contributed by atoms with van der Waals surface area (Å²) in [6, 6.07) is 19.3. The molecule has 6 heteroatoms. The lowest BCUT2D eigenvalue weighted by atomic mass is 9.99. The van der Waals surface area contributed by atoms with Gasteiger partial charge in [-0.3, -0.25) is 9.59 Å². The number of rotatable bonds is 3. The van der Waals surface area contributed by atoms with Gasteiger partial charge in [-0.15, -0.1) is 0 Å². The number of fused-ring (bicyclic) bond motifs is 2. The van der Waals surface area contributed by atoms with Gasteiger partial charge in [0.25, 0.3) is 5.56 Å². The van der Waals surface area contributed by atoms with E-state index in [9.17, 15) is 9.59 Å². The van der Waals surface area contributed by atoms with Crippen LogP contribution in [0.25, 0.3) is 27.8 Å². The van der Waals surface area contributed by atoms with E-state index in [-0.39, 0.29) is 17.4 Å². The number of para-hydroxylation sites is 1. The van der Waals surface area contributed by atoms with Crippen LogP contribution in [-0.4, -0.2) is 26.8 Å². The van der Waals surface area contributed by atoms with E-state index in [2.05, 4.69) is 9.67 Å². The molecule has 0 radical (unpaired) electrons. The number of hydrogen-bond donors (Lipinski definition) is 0. The van der Waals surface area contributed by atoms with Crippen molar-refractivity contribution < 1.29 is 9.53 Å². The zero-order valence-electron chi connectivity index (χ0n) is 15.2. The maximum absolute atomic E-state index is 13.0. The Labute approximate surface area is 161 Å². The molecule has 0 amide bonds. The predicted octanol–water partition coefficient (Wildman–Crippen LogP) is 3.27. The third kappa shape index (κ3) is 2.78. The van der Waals surface area contributed by atoms with Crippen molar-refractivity contribution in [3.63, 3.8) is 0 Å². The molecule has 1 aliphatic heterocycles. The standard InChI is InChI=1S/C22H19N3O3/c26-21-12-15(10-11-28-21)14-24-19-9-5-4-8-17(19)22(27)25-20(24)13-18(23-25)16-6-2-1-3-7-16/h1-9,13,15H,10-12,14H2. The molecule has 0 saturated carbocycles. The zero-order chi connectivity index (χ0) is 19.1. The van der Waals surface area contributed by atoms with Crippen LogP contribution in [0, 0.1) is 5.92 Å². The van der Waals surface area contributed by atoms with E-state index < -0.39 is 0 Å². The van der Waals surface area contributed by atoms with Gasteiger partial charge in [0.1, 0.15) is 5.65 Å². The van der Waals surface area contributed by atoms with Crippen molar-refractivity contribution in [3.8, 4) is 11.3 Å². The molecule has 28 heavy (non-hydrogen) atoms. The van der Waals surface area contributed by atoms with Crippen LogP contribution in [0.3, 0.4) is 0 Å². The zero-order valence-corrected chi connectivity index (χ0v) is 15.2. The molecule has 1 saturated heterocycles. The molecule has 0 bridgehead atoms. The highest BCUT2D eigenvalue weighted by atomic mass is 16.5. The SMILES string of the molecule is O=C1CC(Cn2c3ccccc3c(=O)n3nc(-c4ccccc4)cc23)CCO1. The third-order valence-corrected chi connectivity index (χ3v) is 5.34. The normalized spacial score (nSPS) is 17.1. The van der Waals surface area contributed by atoms with Gasteiger partial charge in [-0.1, -0.05) is 42.5 Å². The van der Waals surface area contributed by atoms with E-state index in [1.54, 1.807) is 0 Å². The highest BCUT2D eigenvalue weighted by Crippen LogP contribution is 2.25. The Morgan fingerprint density at radius 2 is 1.82 bits per heavy atom. The van der Waals surface area contributed by atoms with Crippen molar-refractivity contribution in [2.75, 3.05) is 6.61 Å². The molecule has 1 unspecified atom stereocenters. The van der Waals surface area contributed by atoms with Crippen molar-refractivity contribution in [2.24, 2.45) is 5.92 Å². The fourth-order valence-electron chi connectivity index (χ4n) is 3.93. The van der Waals surface area contributed by atoms with Gasteiger partial charge in [0.15, 0.2) is 0 Å². The number of nitrogens with zero attached hydrogens (tertiary/aromatic N) is 3. The lowest BCUT2D eigenvalue weighted by Crippen LogP contribution is -2.27. The second kappa shape index (κ2) is 6.64. The number of cyclic esters (lactones) is 1. The molecule has 140 valence electrons. The van der Waals surface area contributed by atoms with Crippen LogP contribution >= 0.6 is 0 Å². The Morgan fingerprint density at radius 3 is 2.64 bits per heavy atom. The number of hydrogen-bond acceptors (Lipinski definition) is 4. The van der Waals surface area contributed by atoms with Crippen molar-refractivity contribution in [1.29, 1.82) is 0 Å². The summed E-state index contributed by atoms with van der Waals surface area (Å²) in [5.74, 6) is 0.0159. The minimum atomic E-state index is -0.156. The Balaban J connectivity index is 1.73. The maximum Gasteiger partial charge on any atom is 0.306 e. The fourth-order valence-corrected chi connectivity index (χ4v) is 3.93. The van der Waals surface area contributed by atoms with Crippen LogP contribution in [0.5, 0.6) is 0 Å². The maximum atomic E-state index is 13.0. The minimum absolute atomic E-state index is 0.132. The average Bonchev–Trinajstić information content (AvgIpc) is 3.18. The van der Waals surface area contributed by atoms with E-state index in [1.807, 2.05) is 60.7 Å². The summed E-state index contributed by atoms with van der Waals surface area (Å²) < 4.78 is 8.67. The molecule has 4 aromatic rings. The monoisotopic (exact) mass is 373 g/mol. The quantitative estimate of drug-likeness (QED) is 0.517. The number of esters is 1. The van der Waals surface area contributed by atoms with Crippen LogP contribution in [0.1, 0.15) is 12.8 Å². The summed E-state index contributed by atoms with van der Waals surface area (Å²) in [6.45, 7) is 1.09. The number of carbonyl (C=O) groups is 1. The smallest absolute Gasteiger partial charge is 0.306 e. The Hall–Kier alpha value is -3.41. The first-order valence-electron chi connectivity index (χ1n) is 9.43. The second-order valence-corrected chi connectivity index (χ2v) is 7.18. The van der Waals surface area contributed by atoms with Gasteiger partial charge in [-0.2, -0.15) is 9.61 Å². The molecule has 2 aromatic carbocycles. The van der Waals surface area contributed by atoms with Crippen LogP contribution in [0.2, 0.25) is 0 Å². The van der Waals surface area contributed by atoms with Gasteiger partial charge in [0.05, 0.1) is 29.6 Å². The molecule has 1 aliphatic rings. The predicted molar refractivity (Wildman–Crippen MR) is 106 cm³/mol. The number of benzene rings is 2. The lowest BCUT2D eigenvalue weighted by Gasteiger charge is -2.23. The highest BCUT2D eigenvalue weighted by molar-refractivity contribution is 5.81. The molecular formula is C22H19N3O3. The van der Waals surface area contributed by atoms with Gasteiger partial charge >= 0.3 is 5.97 Å². The average molecular weight is 373 g/mol. The first kappa shape index (κ1) is 16.7. The summed E-state index contributed by atoms with van der Waals surface area (Å²) in [4.78, 5) is 24.8. The first-order valence-corrected chi connectivity index (χ1v) is 9.43. The molecule has 1 fully saturated rings. The number of ether oxygens (including phenoxy) is 1. The van der Waals surface area contributed by atoms with Crippen molar-refractivity contribution in [2.45, 2.75) is 19.4 Å². The number of carbonyl (C=O) groups excluding carboxylic acids is 1. The van der Waals surface area contributed by atoms with E-state index in [0.717, 1.165) is 28.8 Å². The summed E-state index contributed by atoms with van der Waals surface area (Å²) in [7, 11) is 0. The molecule has 5 rings (SSSR count). The van der Waals surface area contributed by atoms with Gasteiger partial charge in [0, 0.05) is 18.2 Å². The van der Waals surface area contributed by atoms with Crippen LogP contribution in [0.15, 0.2) is 65.5 Å². The van der Waals surface area contributed by atoms with E-state index in [4.69, 9.17) is 4.74 Å². The molecule has 0 spiro atoms. The molecule has 1 atom stereocenters. The summed E-state index contributed by atoms with van der Waals surface area (Å²) in [5.41, 5.74) is 3.18. The van der Waals surface area contributed by atoms with E-state index >= 15 is 0 Å². The second-order valence-electron chi connectivity index (χ2n) is 7.18. The lowest BCUT2D eigenvalue weighted by molar-refractivity contribution is -0.149. The van der Waals surface area contributed by atoms with Crippen molar-refractivity contribution in [1.82, 2.24) is 14.2 Å². The van der Waals surface area contributed by atoms with E-state index in [1.165, 1.54) is 4.52 Å². The van der Waals surface area contributed by atoms with E-state index in [0.29, 0.717) is 25.0 Å². The van der Waals surface area contributed by atoms with Crippen LogP contribution < -0.4 is 5.56 Å². The van der Waals surface area contributed by atoms with Crippen LogP contribution in [0.4, 0.5) is 0 Å². The molecule has 0 aliphatic carbocycles. The van der Waals surface area contributed by atoms with Gasteiger partial charge in [-0.25, -0.2) is 0 Å². The largest absolute Gasteiger partial charge is 0.466 e. The van der Waals surface area contributed by atoms with Gasteiger partial charge in [0.2, 0.25) is 0 Å². The Morgan fingerprint density at radius 1 is 1.04 bits per heavy atom. The fraction of sp³-hybridized carbons (Fsp3) is 0.227. The van der Waals surface area contributed by atoms with Crippen molar-refractivity contribution in [3.05, 3.63) is 71.0 Å². The Bertz CT molecular complexity index is 1240. The number of aromatic nitrogens is 3. The third-order valence-electron chi connectivity index (χ3n) is 5.34. The summed E-state index contributed by atoms with van der Waals surface area (Å²) in [6.07, 6.45) is 1.21. The Kier molecular flexibility index (Phi) is 3.97. The summed E-state index contributed by atoms with van der Waals surface area (Å²) in [5, 5.41) is 5.21. The molecular weight excluding hydrogens is 354 g/mol. The molecule has 0 N–H and O–H groups in total.